The summed E-state index contributed by atoms with van der Waals surface area (Å²) in [6, 6.07) is 5.17. The minimum absolute atomic E-state index is 0.189. The van der Waals surface area contributed by atoms with Gasteiger partial charge in [0.05, 0.1) is 0 Å². The van der Waals surface area contributed by atoms with Crippen LogP contribution in [0.5, 0.6) is 0 Å². The number of pyridine rings is 1. The molecule has 0 spiro atoms. The molecule has 0 saturated heterocycles. The van der Waals surface area contributed by atoms with Crippen LogP contribution in [0.15, 0.2) is 24.4 Å². The number of aryl methyl sites for hydroxylation is 1. The molecule has 0 aliphatic heterocycles. The Morgan fingerprint density at radius 1 is 1.38 bits per heavy atom. The Morgan fingerprint density at radius 2 is 2.15 bits per heavy atom. The van der Waals surface area contributed by atoms with Crippen LogP contribution in [0.1, 0.15) is 12.1 Å². The molecule has 0 amide bonds. The lowest BCUT2D eigenvalue weighted by atomic mass is 10.1. The van der Waals surface area contributed by atoms with Crippen LogP contribution in [0.3, 0.4) is 0 Å². The van der Waals surface area contributed by atoms with Crippen molar-refractivity contribution >= 4 is 0 Å². The Labute approximate surface area is 75.2 Å². The fourth-order valence-corrected chi connectivity index (χ4v) is 0.936. The summed E-state index contributed by atoms with van der Waals surface area (Å²) in [4.78, 5) is 3.90. The summed E-state index contributed by atoms with van der Waals surface area (Å²) in [5, 5.41) is 8.30. The smallest absolute Gasteiger partial charge is 0.271 e. The fourth-order valence-electron chi connectivity index (χ4n) is 0.936. The van der Waals surface area contributed by atoms with Gasteiger partial charge in [-0.3, -0.25) is 4.98 Å². The lowest BCUT2D eigenvalue weighted by molar-refractivity contribution is -0.0559. The number of aromatic nitrogens is 1. The maximum Gasteiger partial charge on any atom is 0.271 e. The van der Waals surface area contributed by atoms with E-state index in [1.807, 2.05) is 0 Å². The Bertz CT molecular complexity index is 251. The summed E-state index contributed by atoms with van der Waals surface area (Å²) in [5.41, 5.74) is 0.621. The molecular formula is C9H11F2NO. The van der Waals surface area contributed by atoms with Gasteiger partial charge in [0.25, 0.3) is 5.92 Å². The Hall–Kier alpha value is -1.03. The maximum atomic E-state index is 12.6. The number of rotatable bonds is 4. The van der Waals surface area contributed by atoms with Gasteiger partial charge in [-0.25, -0.2) is 8.78 Å². The van der Waals surface area contributed by atoms with Crippen molar-refractivity contribution in [3.05, 3.63) is 30.1 Å². The van der Waals surface area contributed by atoms with Crippen LogP contribution in [0.2, 0.25) is 0 Å². The van der Waals surface area contributed by atoms with Crippen LogP contribution in [-0.4, -0.2) is 22.6 Å². The first-order valence-corrected chi connectivity index (χ1v) is 4.03. The molecule has 4 heteroatoms. The number of halogens is 2. The van der Waals surface area contributed by atoms with Crippen molar-refractivity contribution in [1.29, 1.82) is 0 Å². The summed E-state index contributed by atoms with van der Waals surface area (Å²) in [6.07, 6.45) is 1.39. The molecule has 0 unspecified atom stereocenters. The third-order valence-corrected chi connectivity index (χ3v) is 1.70. The highest BCUT2D eigenvalue weighted by molar-refractivity contribution is 5.03. The Balaban J connectivity index is 2.44. The minimum atomic E-state index is -2.99. The van der Waals surface area contributed by atoms with Crippen LogP contribution in [-0.2, 0) is 6.42 Å². The highest BCUT2D eigenvalue weighted by Gasteiger charge is 2.26. The monoisotopic (exact) mass is 187 g/mol. The third kappa shape index (κ3) is 3.46. The maximum absolute atomic E-state index is 12.6. The summed E-state index contributed by atoms with van der Waals surface area (Å²) in [6.45, 7) is -1.10. The lowest BCUT2D eigenvalue weighted by Crippen LogP contribution is -2.22. The van der Waals surface area contributed by atoms with Crippen molar-refractivity contribution in [2.75, 3.05) is 6.61 Å². The number of hydrogen-bond acceptors (Lipinski definition) is 2. The first kappa shape index (κ1) is 10.1. The average Bonchev–Trinajstić information content (AvgIpc) is 2.17. The van der Waals surface area contributed by atoms with Gasteiger partial charge in [-0.05, 0) is 18.6 Å². The number of aliphatic hydroxyl groups is 1. The minimum Gasteiger partial charge on any atom is -0.390 e. The van der Waals surface area contributed by atoms with Gasteiger partial charge in [0.1, 0.15) is 6.61 Å². The molecule has 0 radical (unpaired) electrons. The van der Waals surface area contributed by atoms with Crippen LogP contribution in [0.25, 0.3) is 0 Å². The van der Waals surface area contributed by atoms with Gasteiger partial charge < -0.3 is 5.11 Å². The Morgan fingerprint density at radius 3 is 2.69 bits per heavy atom. The largest absolute Gasteiger partial charge is 0.390 e. The molecule has 0 aromatic carbocycles. The molecule has 0 atom stereocenters. The van der Waals surface area contributed by atoms with Gasteiger partial charge in [-0.1, -0.05) is 6.07 Å². The molecule has 0 aliphatic rings. The molecule has 1 aromatic heterocycles. The van der Waals surface area contributed by atoms with Crippen molar-refractivity contribution < 1.29 is 13.9 Å². The zero-order chi connectivity index (χ0) is 9.73. The van der Waals surface area contributed by atoms with Crippen LogP contribution in [0.4, 0.5) is 8.78 Å². The molecule has 1 rings (SSSR count). The predicted octanol–water partition coefficient (Wildman–Crippen LogP) is 1.64. The second-order valence-electron chi connectivity index (χ2n) is 2.84. The van der Waals surface area contributed by atoms with E-state index in [0.29, 0.717) is 5.69 Å². The molecule has 0 fully saturated rings. The van der Waals surface area contributed by atoms with Gasteiger partial charge in [0.2, 0.25) is 0 Å². The van der Waals surface area contributed by atoms with Gasteiger partial charge in [0.15, 0.2) is 0 Å². The number of aliphatic hydroxyl groups excluding tert-OH is 1. The van der Waals surface area contributed by atoms with Crippen LogP contribution >= 0.6 is 0 Å². The average molecular weight is 187 g/mol. The molecule has 1 N–H and O–H groups in total. The van der Waals surface area contributed by atoms with E-state index >= 15 is 0 Å². The molecule has 0 saturated carbocycles. The second kappa shape index (κ2) is 4.28. The van der Waals surface area contributed by atoms with Gasteiger partial charge in [-0.15, -0.1) is 0 Å². The molecule has 1 aromatic rings. The van der Waals surface area contributed by atoms with E-state index in [4.69, 9.17) is 5.11 Å². The number of hydrogen-bond donors (Lipinski definition) is 1. The van der Waals surface area contributed by atoms with E-state index in [9.17, 15) is 8.78 Å². The molecule has 1 heterocycles. The summed E-state index contributed by atoms with van der Waals surface area (Å²) < 4.78 is 25.1. The van der Waals surface area contributed by atoms with Gasteiger partial charge in [-0.2, -0.15) is 0 Å². The van der Waals surface area contributed by atoms with Crippen molar-refractivity contribution in [1.82, 2.24) is 4.98 Å². The fraction of sp³-hybridized carbons (Fsp3) is 0.444. The lowest BCUT2D eigenvalue weighted by Gasteiger charge is -2.11. The molecule has 72 valence electrons. The van der Waals surface area contributed by atoms with Crippen LogP contribution in [0, 0.1) is 0 Å². The zero-order valence-electron chi connectivity index (χ0n) is 7.08. The summed E-state index contributed by atoms with van der Waals surface area (Å²) in [7, 11) is 0. The van der Waals surface area contributed by atoms with Crippen LogP contribution < -0.4 is 0 Å². The standard InChI is InChI=1S/C9H11F2NO/c10-9(11,7-13)5-4-8-3-1-2-6-12-8/h1-3,6,13H,4-5,7H2. The van der Waals surface area contributed by atoms with E-state index in [-0.39, 0.29) is 12.8 Å². The SMILES string of the molecule is OCC(F)(F)CCc1ccccn1. The van der Waals surface area contributed by atoms with E-state index in [1.54, 1.807) is 24.4 Å². The van der Waals surface area contributed by atoms with E-state index in [0.717, 1.165) is 0 Å². The Kier molecular flexibility index (Phi) is 3.31. The van der Waals surface area contributed by atoms with Gasteiger partial charge >= 0.3 is 0 Å². The highest BCUT2D eigenvalue weighted by Crippen LogP contribution is 2.19. The topological polar surface area (TPSA) is 33.1 Å². The van der Waals surface area contributed by atoms with Gasteiger partial charge in [0, 0.05) is 18.3 Å². The number of nitrogens with zero attached hydrogens (tertiary/aromatic N) is 1. The highest BCUT2D eigenvalue weighted by atomic mass is 19.3. The first-order chi connectivity index (χ1) is 6.14. The number of alkyl halides is 2. The van der Waals surface area contributed by atoms with E-state index in [1.165, 1.54) is 0 Å². The summed E-state index contributed by atoms with van der Waals surface area (Å²) >= 11 is 0. The third-order valence-electron chi connectivity index (χ3n) is 1.70. The molecule has 2 nitrogen and oxygen atoms in total. The zero-order valence-corrected chi connectivity index (χ0v) is 7.08. The molecule has 0 bridgehead atoms. The molecular weight excluding hydrogens is 176 g/mol. The van der Waals surface area contributed by atoms with Crippen molar-refractivity contribution in [2.24, 2.45) is 0 Å². The quantitative estimate of drug-likeness (QED) is 0.777. The van der Waals surface area contributed by atoms with Crippen molar-refractivity contribution in [2.45, 2.75) is 18.8 Å². The molecule has 13 heavy (non-hydrogen) atoms. The second-order valence-corrected chi connectivity index (χ2v) is 2.84. The van der Waals surface area contributed by atoms with Crippen molar-refractivity contribution in [3.8, 4) is 0 Å². The van der Waals surface area contributed by atoms with E-state index < -0.39 is 12.5 Å². The van der Waals surface area contributed by atoms with Crippen molar-refractivity contribution in [3.63, 3.8) is 0 Å². The summed E-state index contributed by atoms with van der Waals surface area (Å²) in [5.74, 6) is -2.99. The predicted molar refractivity (Wildman–Crippen MR) is 44.6 cm³/mol. The van der Waals surface area contributed by atoms with E-state index in [2.05, 4.69) is 4.98 Å². The first-order valence-electron chi connectivity index (χ1n) is 4.03. The normalized spacial score (nSPS) is 11.6. The molecule has 0 aliphatic carbocycles.